The van der Waals surface area contributed by atoms with Crippen molar-refractivity contribution in [3.63, 3.8) is 0 Å². The van der Waals surface area contributed by atoms with Crippen LogP contribution in [0, 0.1) is 0 Å². The fraction of sp³-hybridized carbons (Fsp3) is 0.556. The van der Waals surface area contributed by atoms with E-state index in [0.29, 0.717) is 0 Å². The molecule has 0 amide bonds. The molecule has 0 rings (SSSR count). The molecule has 0 fully saturated rings. The maximum Gasteiger partial charge on any atom is 0.114 e. The van der Waals surface area contributed by atoms with E-state index in [1.54, 1.807) is 7.11 Å². The van der Waals surface area contributed by atoms with Gasteiger partial charge in [-0.1, -0.05) is 19.4 Å². The zero-order chi connectivity index (χ0) is 7.82. The zero-order valence-corrected chi connectivity index (χ0v) is 7.05. The molecule has 1 nitrogen and oxygen atoms in total. The van der Waals surface area contributed by atoms with Crippen molar-refractivity contribution in [1.82, 2.24) is 0 Å². The van der Waals surface area contributed by atoms with Crippen LogP contribution in [0.5, 0.6) is 0 Å². The normalized spacial score (nSPS) is 12.5. The molecular weight excluding hydrogens is 124 g/mol. The minimum atomic E-state index is 0.938. The molecule has 0 unspecified atom stereocenters. The van der Waals surface area contributed by atoms with Gasteiger partial charge in [-0.2, -0.15) is 0 Å². The van der Waals surface area contributed by atoms with Gasteiger partial charge in [-0.25, -0.2) is 0 Å². The molecule has 0 aromatic heterocycles. The summed E-state index contributed by atoms with van der Waals surface area (Å²) in [5.74, 6) is 0.938. The smallest absolute Gasteiger partial charge is 0.114 e. The topological polar surface area (TPSA) is 9.23 Å². The summed E-state index contributed by atoms with van der Waals surface area (Å²) in [5.41, 5.74) is 0. The summed E-state index contributed by atoms with van der Waals surface area (Å²) in [5, 5.41) is 0. The largest absolute Gasteiger partial charge is 0.497 e. The third-order valence-electron chi connectivity index (χ3n) is 1.26. The van der Waals surface area contributed by atoms with Crippen molar-refractivity contribution in [2.45, 2.75) is 26.7 Å². The van der Waals surface area contributed by atoms with Crippen molar-refractivity contribution in [2.75, 3.05) is 7.11 Å². The van der Waals surface area contributed by atoms with Gasteiger partial charge < -0.3 is 4.74 Å². The molecular formula is C9H16O. The van der Waals surface area contributed by atoms with Gasteiger partial charge in [-0.3, -0.25) is 0 Å². The lowest BCUT2D eigenvalue weighted by Gasteiger charge is -1.96. The van der Waals surface area contributed by atoms with E-state index in [0.717, 1.165) is 12.2 Å². The molecule has 0 heterocycles. The molecule has 0 bridgehead atoms. The molecule has 58 valence electrons. The number of hydrogen-bond acceptors (Lipinski definition) is 1. The first-order valence-electron chi connectivity index (χ1n) is 3.72. The molecule has 0 aromatic carbocycles. The Morgan fingerprint density at radius 1 is 1.50 bits per heavy atom. The van der Waals surface area contributed by atoms with E-state index >= 15 is 0 Å². The third-order valence-corrected chi connectivity index (χ3v) is 1.26. The number of hydrogen-bond donors (Lipinski definition) is 0. The fourth-order valence-corrected chi connectivity index (χ4v) is 0.648. The highest BCUT2D eigenvalue weighted by Crippen LogP contribution is 1.98. The average molecular weight is 140 g/mol. The maximum atomic E-state index is 5.02. The zero-order valence-electron chi connectivity index (χ0n) is 7.05. The lowest BCUT2D eigenvalue weighted by atomic mass is 10.3. The molecule has 0 saturated heterocycles. The highest BCUT2D eigenvalue weighted by molar-refractivity contribution is 5.10. The highest BCUT2D eigenvalue weighted by atomic mass is 16.5. The number of methoxy groups -OCH3 is 1. The van der Waals surface area contributed by atoms with Gasteiger partial charge in [0.15, 0.2) is 0 Å². The molecule has 0 aromatic rings. The third kappa shape index (κ3) is 4.19. The predicted molar refractivity (Wildman–Crippen MR) is 44.8 cm³/mol. The van der Waals surface area contributed by atoms with Gasteiger partial charge in [-0.05, 0) is 25.5 Å². The minimum Gasteiger partial charge on any atom is -0.497 e. The minimum absolute atomic E-state index is 0.938. The van der Waals surface area contributed by atoms with Crippen LogP contribution < -0.4 is 0 Å². The summed E-state index contributed by atoms with van der Waals surface area (Å²) in [6, 6.07) is 0. The summed E-state index contributed by atoms with van der Waals surface area (Å²) in [7, 11) is 1.69. The lowest BCUT2D eigenvalue weighted by Crippen LogP contribution is -1.78. The summed E-state index contributed by atoms with van der Waals surface area (Å²) in [6.07, 6.45) is 8.40. The number of allylic oxidation sites excluding steroid dienone is 3. The summed E-state index contributed by atoms with van der Waals surface area (Å²) in [6.45, 7) is 4.13. The number of unbranched alkanes of at least 4 members (excludes halogenated alkanes) is 1. The quantitative estimate of drug-likeness (QED) is 0.431. The monoisotopic (exact) mass is 140 g/mol. The van der Waals surface area contributed by atoms with E-state index in [1.807, 2.05) is 19.1 Å². The Bertz CT molecular complexity index is 123. The number of ether oxygens (including phenoxy) is 1. The molecule has 0 saturated carbocycles. The first-order valence-corrected chi connectivity index (χ1v) is 3.72. The van der Waals surface area contributed by atoms with Crippen LogP contribution >= 0.6 is 0 Å². The van der Waals surface area contributed by atoms with Crippen LogP contribution in [0.4, 0.5) is 0 Å². The first-order chi connectivity index (χ1) is 4.85. The SMILES string of the molecule is C/C=C(\C=C/CCC)OC. The van der Waals surface area contributed by atoms with E-state index in [4.69, 9.17) is 4.74 Å². The van der Waals surface area contributed by atoms with E-state index in [2.05, 4.69) is 13.0 Å². The molecule has 0 N–H and O–H groups in total. The molecule has 0 aliphatic heterocycles. The van der Waals surface area contributed by atoms with Gasteiger partial charge in [0.25, 0.3) is 0 Å². The maximum absolute atomic E-state index is 5.02. The molecule has 0 aliphatic carbocycles. The van der Waals surface area contributed by atoms with E-state index in [9.17, 15) is 0 Å². The Balaban J connectivity index is 3.63. The van der Waals surface area contributed by atoms with Gasteiger partial charge in [0.05, 0.1) is 7.11 Å². The van der Waals surface area contributed by atoms with Crippen molar-refractivity contribution in [3.8, 4) is 0 Å². The fourth-order valence-electron chi connectivity index (χ4n) is 0.648. The molecule has 1 heteroatoms. The highest BCUT2D eigenvalue weighted by Gasteiger charge is 1.82. The van der Waals surface area contributed by atoms with Crippen LogP contribution in [-0.4, -0.2) is 7.11 Å². The van der Waals surface area contributed by atoms with Crippen LogP contribution in [0.15, 0.2) is 24.0 Å². The van der Waals surface area contributed by atoms with Gasteiger partial charge in [0, 0.05) is 0 Å². The van der Waals surface area contributed by atoms with Crippen molar-refractivity contribution in [3.05, 3.63) is 24.0 Å². The number of rotatable bonds is 4. The predicted octanol–water partition coefficient (Wildman–Crippen LogP) is 2.89. The van der Waals surface area contributed by atoms with Crippen molar-refractivity contribution in [2.24, 2.45) is 0 Å². The van der Waals surface area contributed by atoms with Crippen LogP contribution in [0.3, 0.4) is 0 Å². The molecule has 0 radical (unpaired) electrons. The van der Waals surface area contributed by atoms with Crippen LogP contribution in [0.2, 0.25) is 0 Å². The second kappa shape index (κ2) is 6.40. The molecule has 0 aliphatic rings. The van der Waals surface area contributed by atoms with Gasteiger partial charge in [-0.15, -0.1) is 0 Å². The molecule has 0 atom stereocenters. The van der Waals surface area contributed by atoms with Crippen LogP contribution in [0.1, 0.15) is 26.7 Å². The Morgan fingerprint density at radius 2 is 2.20 bits per heavy atom. The van der Waals surface area contributed by atoms with Crippen molar-refractivity contribution in [1.29, 1.82) is 0 Å². The van der Waals surface area contributed by atoms with Crippen molar-refractivity contribution < 1.29 is 4.74 Å². The van der Waals surface area contributed by atoms with Crippen LogP contribution in [0.25, 0.3) is 0 Å². The van der Waals surface area contributed by atoms with E-state index in [1.165, 1.54) is 6.42 Å². The second-order valence-electron chi connectivity index (χ2n) is 2.09. The van der Waals surface area contributed by atoms with E-state index in [-0.39, 0.29) is 0 Å². The lowest BCUT2D eigenvalue weighted by molar-refractivity contribution is 0.306. The van der Waals surface area contributed by atoms with Gasteiger partial charge >= 0.3 is 0 Å². The Kier molecular flexibility index (Phi) is 5.94. The van der Waals surface area contributed by atoms with Crippen molar-refractivity contribution >= 4 is 0 Å². The first kappa shape index (κ1) is 9.28. The molecule has 0 spiro atoms. The van der Waals surface area contributed by atoms with Crippen LogP contribution in [-0.2, 0) is 4.74 Å². The summed E-state index contributed by atoms with van der Waals surface area (Å²) >= 11 is 0. The van der Waals surface area contributed by atoms with Gasteiger partial charge in [0.1, 0.15) is 5.76 Å². The Labute approximate surface area is 63.4 Å². The standard InChI is InChI=1S/C9H16O/c1-4-6-7-8-9(5-2)10-3/h5,7-8H,4,6H2,1-3H3/b8-7-,9-5+. The average Bonchev–Trinajstić information content (AvgIpc) is 1.99. The molecule has 10 heavy (non-hydrogen) atoms. The summed E-state index contributed by atoms with van der Waals surface area (Å²) in [4.78, 5) is 0. The Hall–Kier alpha value is -0.720. The summed E-state index contributed by atoms with van der Waals surface area (Å²) < 4.78 is 5.02. The van der Waals surface area contributed by atoms with E-state index < -0.39 is 0 Å². The Morgan fingerprint density at radius 3 is 2.60 bits per heavy atom. The van der Waals surface area contributed by atoms with Gasteiger partial charge in [0.2, 0.25) is 0 Å². The second-order valence-corrected chi connectivity index (χ2v) is 2.09.